The standard InChI is InChI=1S/C15H26N2O/c1-2-3-4-5-7-13-8-6-9-15(13)16-12-14-10-11-17-18-14/h10-11,13,15-16H,2-9,12H2,1H3. The van der Waals surface area contributed by atoms with Crippen LogP contribution in [0.2, 0.25) is 0 Å². The van der Waals surface area contributed by atoms with Crippen molar-refractivity contribution in [2.24, 2.45) is 5.92 Å². The number of hydrogen-bond donors (Lipinski definition) is 1. The molecule has 1 N–H and O–H groups in total. The zero-order chi connectivity index (χ0) is 12.6. The molecule has 2 unspecified atom stereocenters. The molecule has 102 valence electrons. The topological polar surface area (TPSA) is 38.1 Å². The first-order valence-corrected chi connectivity index (χ1v) is 7.53. The highest BCUT2D eigenvalue weighted by atomic mass is 16.5. The highest BCUT2D eigenvalue weighted by Crippen LogP contribution is 2.30. The minimum Gasteiger partial charge on any atom is -0.360 e. The molecule has 0 aromatic carbocycles. The first kappa shape index (κ1) is 13.6. The zero-order valence-corrected chi connectivity index (χ0v) is 11.5. The van der Waals surface area contributed by atoms with E-state index in [-0.39, 0.29) is 0 Å². The molecule has 0 spiro atoms. The maximum atomic E-state index is 5.13. The van der Waals surface area contributed by atoms with E-state index in [1.54, 1.807) is 6.20 Å². The molecule has 0 saturated heterocycles. The third-order valence-corrected chi connectivity index (χ3v) is 4.12. The Kier molecular flexibility index (Phi) is 5.72. The quantitative estimate of drug-likeness (QED) is 0.711. The minimum absolute atomic E-state index is 0.691. The molecule has 1 aromatic rings. The number of rotatable bonds is 8. The fourth-order valence-electron chi connectivity index (χ4n) is 3.05. The average Bonchev–Trinajstić information content (AvgIpc) is 3.03. The summed E-state index contributed by atoms with van der Waals surface area (Å²) in [6, 6.07) is 2.63. The second-order valence-electron chi connectivity index (χ2n) is 5.51. The van der Waals surface area contributed by atoms with Gasteiger partial charge in [0, 0.05) is 12.1 Å². The molecule has 18 heavy (non-hydrogen) atoms. The molecule has 3 nitrogen and oxygen atoms in total. The van der Waals surface area contributed by atoms with Crippen molar-refractivity contribution in [2.75, 3.05) is 0 Å². The maximum absolute atomic E-state index is 5.13. The normalized spacial score (nSPS) is 23.6. The van der Waals surface area contributed by atoms with Gasteiger partial charge in [0.15, 0.2) is 0 Å². The van der Waals surface area contributed by atoms with Crippen LogP contribution in [0.3, 0.4) is 0 Å². The SMILES string of the molecule is CCCCCCC1CCCC1NCc1ccno1. The van der Waals surface area contributed by atoms with Crippen molar-refractivity contribution >= 4 is 0 Å². The third kappa shape index (κ3) is 4.13. The van der Waals surface area contributed by atoms with Gasteiger partial charge < -0.3 is 9.84 Å². The van der Waals surface area contributed by atoms with Crippen molar-refractivity contribution in [1.29, 1.82) is 0 Å². The van der Waals surface area contributed by atoms with Crippen LogP contribution in [-0.4, -0.2) is 11.2 Å². The summed E-state index contributed by atoms with van der Waals surface area (Å²) < 4.78 is 5.13. The van der Waals surface area contributed by atoms with Crippen LogP contribution in [0.25, 0.3) is 0 Å². The monoisotopic (exact) mass is 250 g/mol. The lowest BCUT2D eigenvalue weighted by atomic mass is 9.96. The van der Waals surface area contributed by atoms with E-state index in [9.17, 15) is 0 Å². The number of unbranched alkanes of at least 4 members (excludes halogenated alkanes) is 3. The fourth-order valence-corrected chi connectivity index (χ4v) is 3.05. The third-order valence-electron chi connectivity index (χ3n) is 4.12. The maximum Gasteiger partial charge on any atom is 0.150 e. The molecule has 1 heterocycles. The largest absolute Gasteiger partial charge is 0.360 e. The van der Waals surface area contributed by atoms with Crippen LogP contribution in [0.5, 0.6) is 0 Å². The molecule has 1 aromatic heterocycles. The lowest BCUT2D eigenvalue weighted by Gasteiger charge is -2.20. The molecule has 0 radical (unpaired) electrons. The van der Waals surface area contributed by atoms with Gasteiger partial charge in [-0.1, -0.05) is 44.2 Å². The van der Waals surface area contributed by atoms with Gasteiger partial charge in [-0.3, -0.25) is 0 Å². The van der Waals surface area contributed by atoms with Crippen molar-refractivity contribution in [3.8, 4) is 0 Å². The lowest BCUT2D eigenvalue weighted by Crippen LogP contribution is -2.31. The molecule has 0 amide bonds. The lowest BCUT2D eigenvalue weighted by molar-refractivity contribution is 0.329. The van der Waals surface area contributed by atoms with Gasteiger partial charge in [0.2, 0.25) is 0 Å². The molecule has 0 aliphatic heterocycles. The van der Waals surface area contributed by atoms with E-state index in [0.717, 1.165) is 18.2 Å². The summed E-state index contributed by atoms with van der Waals surface area (Å²) in [7, 11) is 0. The Morgan fingerprint density at radius 3 is 3.06 bits per heavy atom. The van der Waals surface area contributed by atoms with Gasteiger partial charge in [-0.2, -0.15) is 0 Å². The second kappa shape index (κ2) is 7.57. The van der Waals surface area contributed by atoms with Gasteiger partial charge in [-0.25, -0.2) is 0 Å². The molecular formula is C15H26N2O. The zero-order valence-electron chi connectivity index (χ0n) is 11.5. The van der Waals surface area contributed by atoms with Crippen molar-refractivity contribution < 1.29 is 4.52 Å². The molecule has 1 aliphatic carbocycles. The molecular weight excluding hydrogens is 224 g/mol. The summed E-state index contributed by atoms with van der Waals surface area (Å²) in [5.41, 5.74) is 0. The van der Waals surface area contributed by atoms with Gasteiger partial charge in [0.25, 0.3) is 0 Å². The molecule has 1 aliphatic rings. The first-order chi connectivity index (χ1) is 8.90. The van der Waals surface area contributed by atoms with Crippen LogP contribution in [0, 0.1) is 5.92 Å². The van der Waals surface area contributed by atoms with E-state index in [0.29, 0.717) is 6.04 Å². The number of nitrogens with zero attached hydrogens (tertiary/aromatic N) is 1. The van der Waals surface area contributed by atoms with E-state index in [1.165, 1.54) is 51.4 Å². The highest BCUT2D eigenvalue weighted by Gasteiger charge is 2.26. The van der Waals surface area contributed by atoms with E-state index < -0.39 is 0 Å². The van der Waals surface area contributed by atoms with Gasteiger partial charge in [-0.05, 0) is 25.2 Å². The smallest absolute Gasteiger partial charge is 0.150 e. The van der Waals surface area contributed by atoms with Gasteiger partial charge in [0.1, 0.15) is 5.76 Å². The second-order valence-corrected chi connectivity index (χ2v) is 5.51. The van der Waals surface area contributed by atoms with E-state index >= 15 is 0 Å². The van der Waals surface area contributed by atoms with Crippen molar-refractivity contribution in [1.82, 2.24) is 10.5 Å². The Labute approximate surface area is 110 Å². The van der Waals surface area contributed by atoms with Gasteiger partial charge >= 0.3 is 0 Å². The molecule has 1 fully saturated rings. The van der Waals surface area contributed by atoms with Crippen molar-refractivity contribution in [2.45, 2.75) is 70.9 Å². The van der Waals surface area contributed by atoms with Crippen LogP contribution in [0.15, 0.2) is 16.8 Å². The van der Waals surface area contributed by atoms with Crippen molar-refractivity contribution in [3.05, 3.63) is 18.0 Å². The Bertz CT molecular complexity index is 310. The summed E-state index contributed by atoms with van der Waals surface area (Å²) in [6.45, 7) is 3.10. The molecule has 0 bridgehead atoms. The highest BCUT2D eigenvalue weighted by molar-refractivity contribution is 4.94. The summed E-state index contributed by atoms with van der Waals surface area (Å²) >= 11 is 0. The van der Waals surface area contributed by atoms with Crippen LogP contribution >= 0.6 is 0 Å². The molecule has 2 atom stereocenters. The van der Waals surface area contributed by atoms with Gasteiger partial charge in [0.05, 0.1) is 12.7 Å². The minimum atomic E-state index is 0.691. The Morgan fingerprint density at radius 1 is 1.33 bits per heavy atom. The molecule has 3 heteroatoms. The van der Waals surface area contributed by atoms with E-state index in [4.69, 9.17) is 4.52 Å². The van der Waals surface area contributed by atoms with Crippen LogP contribution in [0.1, 0.15) is 64.1 Å². The average molecular weight is 250 g/mol. The Balaban J connectivity index is 1.67. The summed E-state index contributed by atoms with van der Waals surface area (Å²) in [5.74, 6) is 1.83. The predicted octanol–water partition coefficient (Wildman–Crippen LogP) is 3.90. The van der Waals surface area contributed by atoms with E-state index in [1.807, 2.05) is 6.07 Å². The van der Waals surface area contributed by atoms with Crippen LogP contribution < -0.4 is 5.32 Å². The fraction of sp³-hybridized carbons (Fsp3) is 0.800. The summed E-state index contributed by atoms with van der Waals surface area (Å²) in [4.78, 5) is 0. The number of aromatic nitrogens is 1. The van der Waals surface area contributed by atoms with Crippen molar-refractivity contribution in [3.63, 3.8) is 0 Å². The molecule has 2 rings (SSSR count). The Morgan fingerprint density at radius 2 is 2.28 bits per heavy atom. The molecule has 1 saturated carbocycles. The van der Waals surface area contributed by atoms with Crippen LogP contribution in [0.4, 0.5) is 0 Å². The van der Waals surface area contributed by atoms with E-state index in [2.05, 4.69) is 17.4 Å². The summed E-state index contributed by atoms with van der Waals surface area (Å²) in [6.07, 6.45) is 12.8. The first-order valence-electron chi connectivity index (χ1n) is 7.53. The number of nitrogens with one attached hydrogen (secondary N) is 1. The Hall–Kier alpha value is -0.830. The predicted molar refractivity (Wildman–Crippen MR) is 73.2 cm³/mol. The van der Waals surface area contributed by atoms with Crippen LogP contribution in [-0.2, 0) is 6.54 Å². The summed E-state index contributed by atoms with van der Waals surface area (Å²) in [5, 5.41) is 7.38. The van der Waals surface area contributed by atoms with Gasteiger partial charge in [-0.15, -0.1) is 0 Å². The number of hydrogen-bond acceptors (Lipinski definition) is 3.